The highest BCUT2D eigenvalue weighted by atomic mass is 32.2. The molecule has 0 spiro atoms. The van der Waals surface area contributed by atoms with Crippen LogP contribution in [-0.4, -0.2) is 58.7 Å². The zero-order valence-electron chi connectivity index (χ0n) is 16.8. The van der Waals surface area contributed by atoms with Crippen molar-refractivity contribution < 1.29 is 13.7 Å². The van der Waals surface area contributed by atoms with Gasteiger partial charge in [0.05, 0.1) is 5.56 Å². The van der Waals surface area contributed by atoms with E-state index in [2.05, 4.69) is 4.90 Å². The molecule has 4 rings (SSSR count). The molecule has 2 aliphatic heterocycles. The molecule has 2 unspecified atom stereocenters. The summed E-state index contributed by atoms with van der Waals surface area (Å²) in [6, 6.07) is 12.2. The Morgan fingerprint density at radius 3 is 2.41 bits per heavy atom. The van der Waals surface area contributed by atoms with E-state index in [9.17, 15) is 13.7 Å². The minimum Gasteiger partial charge on any atom is -0.612 e. The standard InChI is InChI=1S/C23H27FN2O2S/c1-29(28)20-9-6-17(7-10-20)18-8-11-21(22(24)15-18)23(27)26-14-4-5-19(26)16-25-12-2-3-13-25/h6-11,15,19H,2-5,12-14,16H2,1H3. The average Bonchev–Trinajstić information content (AvgIpc) is 3.40. The lowest BCUT2D eigenvalue weighted by atomic mass is 10.0. The Balaban J connectivity index is 1.50. The van der Waals surface area contributed by atoms with Crippen molar-refractivity contribution in [2.75, 3.05) is 32.4 Å². The topological polar surface area (TPSA) is 46.6 Å². The second-order valence-electron chi connectivity index (χ2n) is 7.98. The van der Waals surface area contributed by atoms with E-state index in [0.29, 0.717) is 12.1 Å². The van der Waals surface area contributed by atoms with E-state index in [1.54, 1.807) is 30.5 Å². The van der Waals surface area contributed by atoms with Gasteiger partial charge in [0.1, 0.15) is 12.1 Å². The first-order chi connectivity index (χ1) is 14.0. The number of likely N-dealkylation sites (tertiary alicyclic amines) is 2. The van der Waals surface area contributed by atoms with E-state index >= 15 is 0 Å². The fourth-order valence-corrected chi connectivity index (χ4v) is 4.94. The molecule has 154 valence electrons. The van der Waals surface area contributed by atoms with Gasteiger partial charge in [-0.1, -0.05) is 6.07 Å². The molecule has 2 aromatic rings. The number of benzene rings is 2. The van der Waals surface area contributed by atoms with Crippen LogP contribution in [0.1, 0.15) is 36.0 Å². The van der Waals surface area contributed by atoms with Crippen molar-refractivity contribution in [3.8, 4) is 11.1 Å². The zero-order valence-corrected chi connectivity index (χ0v) is 17.6. The fraction of sp³-hybridized carbons (Fsp3) is 0.435. The van der Waals surface area contributed by atoms with E-state index in [-0.39, 0.29) is 17.5 Å². The van der Waals surface area contributed by atoms with Crippen molar-refractivity contribution in [1.82, 2.24) is 9.80 Å². The van der Waals surface area contributed by atoms with Gasteiger partial charge in [-0.05, 0) is 97.5 Å². The van der Waals surface area contributed by atoms with Crippen molar-refractivity contribution in [2.45, 2.75) is 36.6 Å². The van der Waals surface area contributed by atoms with E-state index in [1.807, 2.05) is 17.0 Å². The Morgan fingerprint density at radius 2 is 1.76 bits per heavy atom. The van der Waals surface area contributed by atoms with Gasteiger partial charge in [0.15, 0.2) is 4.90 Å². The molecule has 2 saturated heterocycles. The number of carbonyl (C=O) groups is 1. The minimum absolute atomic E-state index is 0.147. The molecule has 0 aromatic heterocycles. The SMILES string of the molecule is C[S+]([O-])c1ccc(-c2ccc(C(=O)N3CCCC3CN3CCCC3)c(F)c2)cc1. The first-order valence-corrected chi connectivity index (χ1v) is 11.9. The second-order valence-corrected chi connectivity index (χ2v) is 9.36. The highest BCUT2D eigenvalue weighted by Gasteiger charge is 2.32. The Morgan fingerprint density at radius 1 is 1.07 bits per heavy atom. The van der Waals surface area contributed by atoms with Crippen molar-refractivity contribution in [3.63, 3.8) is 0 Å². The summed E-state index contributed by atoms with van der Waals surface area (Å²) in [5.74, 6) is -0.685. The van der Waals surface area contributed by atoms with Crippen LogP contribution in [0.15, 0.2) is 47.4 Å². The molecule has 2 aliphatic rings. The van der Waals surface area contributed by atoms with Gasteiger partial charge in [-0.2, -0.15) is 0 Å². The molecular formula is C23H27FN2O2S. The molecule has 2 atom stereocenters. The predicted octanol–water partition coefficient (Wildman–Crippen LogP) is 3.93. The summed E-state index contributed by atoms with van der Waals surface area (Å²) in [5, 5.41) is 0. The Labute approximate surface area is 174 Å². The van der Waals surface area contributed by atoms with Crippen LogP contribution in [0.4, 0.5) is 4.39 Å². The molecule has 29 heavy (non-hydrogen) atoms. The molecule has 0 radical (unpaired) electrons. The highest BCUT2D eigenvalue weighted by Crippen LogP contribution is 2.27. The third kappa shape index (κ3) is 4.49. The molecule has 0 bridgehead atoms. The molecule has 0 saturated carbocycles. The molecule has 2 heterocycles. The molecular weight excluding hydrogens is 387 g/mol. The van der Waals surface area contributed by atoms with Crippen LogP contribution >= 0.6 is 0 Å². The fourth-order valence-electron chi connectivity index (χ4n) is 4.42. The third-order valence-corrected chi connectivity index (χ3v) is 6.96. The summed E-state index contributed by atoms with van der Waals surface area (Å²) < 4.78 is 26.4. The van der Waals surface area contributed by atoms with Crippen LogP contribution in [0.3, 0.4) is 0 Å². The lowest BCUT2D eigenvalue weighted by Crippen LogP contribution is -2.42. The Bertz CT molecular complexity index is 866. The number of amides is 1. The maximum absolute atomic E-state index is 14.9. The third-order valence-electron chi connectivity index (χ3n) is 6.02. The molecule has 2 fully saturated rings. The van der Waals surface area contributed by atoms with Crippen molar-refractivity contribution in [3.05, 3.63) is 53.8 Å². The summed E-state index contributed by atoms with van der Waals surface area (Å²) in [6.45, 7) is 3.81. The number of nitrogens with zero attached hydrogens (tertiary/aromatic N) is 2. The number of carbonyl (C=O) groups excluding carboxylic acids is 1. The zero-order chi connectivity index (χ0) is 20.4. The summed E-state index contributed by atoms with van der Waals surface area (Å²) in [5.41, 5.74) is 1.70. The monoisotopic (exact) mass is 414 g/mol. The summed E-state index contributed by atoms with van der Waals surface area (Å²) in [6.07, 6.45) is 6.06. The lowest BCUT2D eigenvalue weighted by molar-refractivity contribution is 0.0704. The van der Waals surface area contributed by atoms with Gasteiger partial charge in [-0.15, -0.1) is 0 Å². The van der Waals surface area contributed by atoms with Crippen LogP contribution in [0, 0.1) is 5.82 Å². The Hall–Kier alpha value is -1.89. The molecule has 2 aromatic carbocycles. The summed E-state index contributed by atoms with van der Waals surface area (Å²) in [7, 11) is 0. The van der Waals surface area contributed by atoms with Gasteiger partial charge >= 0.3 is 0 Å². The van der Waals surface area contributed by atoms with Gasteiger partial charge in [-0.3, -0.25) is 4.79 Å². The normalized spacial score (nSPS) is 20.9. The lowest BCUT2D eigenvalue weighted by Gasteiger charge is -2.28. The van der Waals surface area contributed by atoms with Crippen LogP contribution < -0.4 is 0 Å². The van der Waals surface area contributed by atoms with E-state index in [4.69, 9.17) is 0 Å². The van der Waals surface area contributed by atoms with Gasteiger partial charge in [0.25, 0.3) is 5.91 Å². The van der Waals surface area contributed by atoms with Crippen molar-refractivity contribution in [1.29, 1.82) is 0 Å². The number of rotatable bonds is 5. The molecule has 4 nitrogen and oxygen atoms in total. The number of hydrogen-bond acceptors (Lipinski definition) is 3. The molecule has 0 N–H and O–H groups in total. The average molecular weight is 415 g/mol. The van der Waals surface area contributed by atoms with E-state index < -0.39 is 17.0 Å². The first-order valence-electron chi connectivity index (χ1n) is 10.3. The van der Waals surface area contributed by atoms with Crippen molar-refractivity contribution >= 4 is 17.1 Å². The summed E-state index contributed by atoms with van der Waals surface area (Å²) >= 11 is -1.04. The quantitative estimate of drug-likeness (QED) is 0.697. The van der Waals surface area contributed by atoms with Gasteiger partial charge < -0.3 is 14.4 Å². The maximum Gasteiger partial charge on any atom is 0.257 e. The second kappa shape index (κ2) is 8.86. The highest BCUT2D eigenvalue weighted by molar-refractivity contribution is 7.90. The number of halogens is 1. The molecule has 6 heteroatoms. The molecule has 0 aliphatic carbocycles. The van der Waals surface area contributed by atoms with Gasteiger partial charge in [-0.25, -0.2) is 4.39 Å². The van der Waals surface area contributed by atoms with E-state index in [0.717, 1.165) is 42.9 Å². The minimum atomic E-state index is -1.04. The summed E-state index contributed by atoms with van der Waals surface area (Å²) in [4.78, 5) is 18.1. The number of hydrogen-bond donors (Lipinski definition) is 0. The van der Waals surface area contributed by atoms with Gasteiger partial charge in [0.2, 0.25) is 0 Å². The van der Waals surface area contributed by atoms with Crippen molar-refractivity contribution in [2.24, 2.45) is 0 Å². The largest absolute Gasteiger partial charge is 0.612 e. The van der Waals surface area contributed by atoms with Crippen LogP contribution in [-0.2, 0) is 11.2 Å². The van der Waals surface area contributed by atoms with Crippen LogP contribution in [0.2, 0.25) is 0 Å². The Kier molecular flexibility index (Phi) is 6.23. The smallest absolute Gasteiger partial charge is 0.257 e. The molecule has 1 amide bonds. The van der Waals surface area contributed by atoms with Crippen LogP contribution in [0.5, 0.6) is 0 Å². The maximum atomic E-state index is 14.9. The van der Waals surface area contributed by atoms with Gasteiger partial charge in [0, 0.05) is 19.1 Å². The first kappa shape index (κ1) is 20.4. The van der Waals surface area contributed by atoms with Crippen LogP contribution in [0.25, 0.3) is 11.1 Å². The predicted molar refractivity (Wildman–Crippen MR) is 114 cm³/mol. The van der Waals surface area contributed by atoms with E-state index in [1.165, 1.54) is 18.9 Å².